The zero-order valence-electron chi connectivity index (χ0n) is 10.3. The molecule has 19 heavy (non-hydrogen) atoms. The first-order chi connectivity index (χ1) is 9.05. The van der Waals surface area contributed by atoms with E-state index in [1.807, 2.05) is 0 Å². The molecule has 1 saturated heterocycles. The molecular weight excluding hydrogens is 255 g/mol. The van der Waals surface area contributed by atoms with E-state index in [4.69, 9.17) is 14.2 Å². The summed E-state index contributed by atoms with van der Waals surface area (Å²) in [6.07, 6.45) is 0.141. The van der Waals surface area contributed by atoms with Crippen molar-refractivity contribution in [1.82, 2.24) is 0 Å². The number of carbonyl (C=O) groups is 2. The van der Waals surface area contributed by atoms with Crippen molar-refractivity contribution in [3.8, 4) is 5.75 Å². The van der Waals surface area contributed by atoms with Crippen LogP contribution in [0.5, 0.6) is 5.75 Å². The minimum atomic E-state index is -1.76. The number of ether oxygens (including phenoxy) is 3. The smallest absolute Gasteiger partial charge is 0.392 e. The molecule has 0 N–H and O–H groups in total. The molecule has 102 valence electrons. The van der Waals surface area contributed by atoms with Gasteiger partial charge >= 0.3 is 17.7 Å². The number of benzene rings is 1. The van der Waals surface area contributed by atoms with Crippen molar-refractivity contribution in [2.45, 2.75) is 25.6 Å². The van der Waals surface area contributed by atoms with Gasteiger partial charge in [0, 0.05) is 6.42 Å². The summed E-state index contributed by atoms with van der Waals surface area (Å²) in [5.41, 5.74) is 0. The highest BCUT2D eigenvalue weighted by atomic mass is 19.1. The summed E-state index contributed by atoms with van der Waals surface area (Å²) >= 11 is 0. The maximum absolute atomic E-state index is 12.8. The molecule has 1 fully saturated rings. The van der Waals surface area contributed by atoms with Crippen molar-refractivity contribution in [2.75, 3.05) is 6.61 Å². The van der Waals surface area contributed by atoms with Gasteiger partial charge in [0.05, 0.1) is 13.0 Å². The number of carbonyl (C=O) groups excluding carboxylic acids is 2. The Hall–Kier alpha value is -2.11. The second-order valence-electron chi connectivity index (χ2n) is 4.00. The van der Waals surface area contributed by atoms with Crippen LogP contribution in [0, 0.1) is 5.82 Å². The molecule has 0 saturated carbocycles. The van der Waals surface area contributed by atoms with Gasteiger partial charge in [0.25, 0.3) is 0 Å². The van der Waals surface area contributed by atoms with Gasteiger partial charge in [-0.25, -0.2) is 9.18 Å². The van der Waals surface area contributed by atoms with E-state index in [1.165, 1.54) is 24.3 Å². The minimum absolute atomic E-state index is 0.0695. The molecule has 0 radical (unpaired) electrons. The fourth-order valence-electron chi connectivity index (χ4n) is 1.74. The molecule has 1 aromatic carbocycles. The van der Waals surface area contributed by atoms with Gasteiger partial charge < -0.3 is 14.2 Å². The van der Waals surface area contributed by atoms with Crippen molar-refractivity contribution in [3.63, 3.8) is 0 Å². The third kappa shape index (κ3) is 2.83. The van der Waals surface area contributed by atoms with Crippen LogP contribution in [0.1, 0.15) is 19.8 Å². The molecule has 5 nitrogen and oxygen atoms in total. The number of hydrogen-bond acceptors (Lipinski definition) is 5. The molecule has 0 amide bonds. The van der Waals surface area contributed by atoms with Gasteiger partial charge in [-0.05, 0) is 31.2 Å². The molecule has 2 rings (SSSR count). The molecule has 1 heterocycles. The van der Waals surface area contributed by atoms with Crippen LogP contribution < -0.4 is 4.74 Å². The molecule has 1 aliphatic rings. The molecule has 1 atom stereocenters. The fraction of sp³-hybridized carbons (Fsp3) is 0.385. The molecule has 0 aromatic heterocycles. The number of rotatable bonds is 4. The van der Waals surface area contributed by atoms with Crippen molar-refractivity contribution in [2.24, 2.45) is 0 Å². The first-order valence-electron chi connectivity index (χ1n) is 5.89. The van der Waals surface area contributed by atoms with Gasteiger partial charge in [0.1, 0.15) is 11.6 Å². The average Bonchev–Trinajstić information content (AvgIpc) is 2.75. The van der Waals surface area contributed by atoms with Crippen LogP contribution in [-0.2, 0) is 19.1 Å². The maximum atomic E-state index is 12.8. The van der Waals surface area contributed by atoms with E-state index in [0.717, 1.165) is 0 Å². The third-order valence-electron chi connectivity index (χ3n) is 2.62. The topological polar surface area (TPSA) is 61.8 Å². The Morgan fingerprint density at radius 3 is 2.63 bits per heavy atom. The molecule has 1 unspecified atom stereocenters. The van der Waals surface area contributed by atoms with Gasteiger partial charge in [-0.3, -0.25) is 4.79 Å². The van der Waals surface area contributed by atoms with E-state index in [0.29, 0.717) is 0 Å². The molecule has 0 bridgehead atoms. The summed E-state index contributed by atoms with van der Waals surface area (Å²) in [6.45, 7) is 1.78. The van der Waals surface area contributed by atoms with Crippen LogP contribution in [0.2, 0.25) is 0 Å². The zero-order chi connectivity index (χ0) is 13.9. The Bertz CT molecular complexity index is 484. The van der Waals surface area contributed by atoms with E-state index in [-0.39, 0.29) is 25.2 Å². The van der Waals surface area contributed by atoms with Crippen LogP contribution in [-0.4, -0.2) is 24.3 Å². The second kappa shape index (κ2) is 5.26. The lowest BCUT2D eigenvalue weighted by Crippen LogP contribution is -2.45. The Morgan fingerprint density at radius 2 is 2.11 bits per heavy atom. The first kappa shape index (κ1) is 13.3. The fourth-order valence-corrected chi connectivity index (χ4v) is 1.74. The third-order valence-corrected chi connectivity index (χ3v) is 2.62. The Morgan fingerprint density at radius 1 is 1.42 bits per heavy atom. The lowest BCUT2D eigenvalue weighted by atomic mass is 10.2. The molecular formula is C13H13FO5. The largest absolute Gasteiger partial charge is 0.460 e. The number of halogens is 1. The summed E-state index contributed by atoms with van der Waals surface area (Å²) in [5, 5.41) is 0. The van der Waals surface area contributed by atoms with Crippen molar-refractivity contribution in [1.29, 1.82) is 0 Å². The van der Waals surface area contributed by atoms with Gasteiger partial charge in [-0.2, -0.15) is 0 Å². The van der Waals surface area contributed by atoms with E-state index in [2.05, 4.69) is 0 Å². The van der Waals surface area contributed by atoms with Crippen LogP contribution >= 0.6 is 0 Å². The lowest BCUT2D eigenvalue weighted by molar-refractivity contribution is -0.206. The second-order valence-corrected chi connectivity index (χ2v) is 4.00. The maximum Gasteiger partial charge on any atom is 0.392 e. The van der Waals surface area contributed by atoms with Crippen molar-refractivity contribution < 1.29 is 28.2 Å². The summed E-state index contributed by atoms with van der Waals surface area (Å²) in [4.78, 5) is 23.1. The summed E-state index contributed by atoms with van der Waals surface area (Å²) in [6, 6.07) is 5.07. The van der Waals surface area contributed by atoms with Crippen LogP contribution in [0.3, 0.4) is 0 Å². The highest BCUT2D eigenvalue weighted by Gasteiger charge is 2.51. The van der Waals surface area contributed by atoms with Gasteiger partial charge in [-0.15, -0.1) is 0 Å². The Balaban J connectivity index is 2.21. The van der Waals surface area contributed by atoms with E-state index >= 15 is 0 Å². The van der Waals surface area contributed by atoms with Crippen molar-refractivity contribution >= 4 is 11.9 Å². The van der Waals surface area contributed by atoms with E-state index < -0.39 is 23.5 Å². The van der Waals surface area contributed by atoms with Gasteiger partial charge in [0.15, 0.2) is 0 Å². The Labute approximate surface area is 109 Å². The van der Waals surface area contributed by atoms with E-state index in [1.54, 1.807) is 6.92 Å². The number of cyclic esters (lactones) is 1. The predicted octanol–water partition coefficient (Wildman–Crippen LogP) is 1.80. The SMILES string of the molecule is CCOC(=O)C1(Oc2ccc(F)cc2)CCC(=O)O1. The quantitative estimate of drug-likeness (QED) is 0.779. The standard InChI is InChI=1S/C13H13FO5/c1-2-17-12(16)13(8-7-11(15)19-13)18-10-5-3-9(14)4-6-10/h3-6H,2,7-8H2,1H3. The first-order valence-corrected chi connectivity index (χ1v) is 5.89. The monoisotopic (exact) mass is 268 g/mol. The molecule has 0 spiro atoms. The summed E-state index contributed by atoms with van der Waals surface area (Å²) in [5.74, 6) is -3.25. The van der Waals surface area contributed by atoms with Crippen LogP contribution in [0.15, 0.2) is 24.3 Å². The number of hydrogen-bond donors (Lipinski definition) is 0. The van der Waals surface area contributed by atoms with Crippen LogP contribution in [0.4, 0.5) is 4.39 Å². The summed E-state index contributed by atoms with van der Waals surface area (Å²) < 4.78 is 28.0. The van der Waals surface area contributed by atoms with Gasteiger partial charge in [-0.1, -0.05) is 0 Å². The molecule has 6 heteroatoms. The van der Waals surface area contributed by atoms with Crippen LogP contribution in [0.25, 0.3) is 0 Å². The number of esters is 2. The Kier molecular flexibility index (Phi) is 3.69. The normalized spacial score (nSPS) is 21.9. The van der Waals surface area contributed by atoms with E-state index in [9.17, 15) is 14.0 Å². The highest BCUT2D eigenvalue weighted by Crippen LogP contribution is 2.31. The highest BCUT2D eigenvalue weighted by molar-refractivity contribution is 5.85. The average molecular weight is 268 g/mol. The molecule has 1 aliphatic heterocycles. The molecule has 1 aromatic rings. The lowest BCUT2D eigenvalue weighted by Gasteiger charge is -2.25. The van der Waals surface area contributed by atoms with Gasteiger partial charge in [0.2, 0.25) is 0 Å². The summed E-state index contributed by atoms with van der Waals surface area (Å²) in [7, 11) is 0. The minimum Gasteiger partial charge on any atom is -0.460 e. The van der Waals surface area contributed by atoms with Crippen molar-refractivity contribution in [3.05, 3.63) is 30.1 Å². The molecule has 0 aliphatic carbocycles. The zero-order valence-corrected chi connectivity index (χ0v) is 10.3. The predicted molar refractivity (Wildman–Crippen MR) is 61.7 cm³/mol.